The lowest BCUT2D eigenvalue weighted by Crippen LogP contribution is -2.50. The predicted octanol–water partition coefficient (Wildman–Crippen LogP) is 6.37. The Morgan fingerprint density at radius 1 is 1.04 bits per heavy atom. The van der Waals surface area contributed by atoms with Crippen LogP contribution in [0.1, 0.15) is 83.7 Å². The molecule has 266 valence electrons. The maximum atomic E-state index is 12.0. The van der Waals surface area contributed by atoms with Crippen molar-refractivity contribution in [3.63, 3.8) is 0 Å². The Morgan fingerprint density at radius 2 is 1.86 bits per heavy atom. The number of rotatable bonds is 15. The summed E-state index contributed by atoms with van der Waals surface area (Å²) in [5, 5.41) is 4.50. The van der Waals surface area contributed by atoms with Crippen molar-refractivity contribution in [1.29, 1.82) is 0 Å². The quantitative estimate of drug-likeness (QED) is 0.183. The van der Waals surface area contributed by atoms with Crippen molar-refractivity contribution in [2.24, 2.45) is 17.8 Å². The minimum absolute atomic E-state index is 0.0167. The van der Waals surface area contributed by atoms with Gasteiger partial charge in [-0.15, -0.1) is 0 Å². The molecule has 0 spiro atoms. The molecule has 3 aliphatic carbocycles. The number of hydrogen-bond donors (Lipinski definition) is 1. The zero-order valence-corrected chi connectivity index (χ0v) is 29.7. The highest BCUT2D eigenvalue weighted by molar-refractivity contribution is 5.87. The normalized spacial score (nSPS) is 27.5. The first-order valence-electron chi connectivity index (χ1n) is 18.3. The second-order valence-electron chi connectivity index (χ2n) is 14.9. The molecular formula is C38H53N5O6. The van der Waals surface area contributed by atoms with E-state index in [2.05, 4.69) is 32.0 Å². The number of methoxy groups -OCH3 is 2. The third-order valence-corrected chi connectivity index (χ3v) is 11.3. The van der Waals surface area contributed by atoms with Gasteiger partial charge in [0.1, 0.15) is 35.4 Å². The molecule has 1 N–H and O–H groups in total. The van der Waals surface area contributed by atoms with Gasteiger partial charge in [0.15, 0.2) is 5.79 Å². The molecule has 11 nitrogen and oxygen atoms in total. The number of carbonyl (C=O) groups is 1. The van der Waals surface area contributed by atoms with Gasteiger partial charge >= 0.3 is 5.97 Å². The fourth-order valence-electron chi connectivity index (χ4n) is 8.53. The Kier molecular flexibility index (Phi) is 10.0. The Morgan fingerprint density at radius 3 is 2.59 bits per heavy atom. The third kappa shape index (κ3) is 7.25. The minimum Gasteiger partial charge on any atom is -0.497 e. The molecule has 4 atom stereocenters. The van der Waals surface area contributed by atoms with Gasteiger partial charge in [-0.2, -0.15) is 0 Å². The van der Waals surface area contributed by atoms with Crippen LogP contribution in [0.3, 0.4) is 0 Å². The van der Waals surface area contributed by atoms with Crippen LogP contribution < -0.4 is 14.8 Å². The van der Waals surface area contributed by atoms with E-state index in [0.717, 1.165) is 78.6 Å². The van der Waals surface area contributed by atoms with Gasteiger partial charge in [-0.05, 0) is 89.3 Å². The summed E-state index contributed by atoms with van der Waals surface area (Å²) >= 11 is 0. The number of ether oxygens (including phenoxy) is 5. The molecule has 3 heterocycles. The number of carbonyl (C=O) groups excluding carboxylic acids is 1. The summed E-state index contributed by atoms with van der Waals surface area (Å²) in [5.74, 6) is 3.33. The lowest BCUT2D eigenvalue weighted by atomic mass is 9.75. The lowest BCUT2D eigenvalue weighted by molar-refractivity contribution is -0.161. The van der Waals surface area contributed by atoms with Crippen LogP contribution in [0.25, 0.3) is 11.0 Å². The van der Waals surface area contributed by atoms with Crippen molar-refractivity contribution in [3.05, 3.63) is 42.4 Å². The van der Waals surface area contributed by atoms with E-state index in [1.165, 1.54) is 19.3 Å². The van der Waals surface area contributed by atoms with Gasteiger partial charge in [0.05, 0.1) is 38.4 Å². The average molecular weight is 676 g/mol. The average Bonchev–Trinajstić information content (AvgIpc) is 3.71. The highest BCUT2D eigenvalue weighted by atomic mass is 16.8. The highest BCUT2D eigenvalue weighted by Crippen LogP contribution is 2.49. The molecule has 1 aromatic carbocycles. The molecule has 3 saturated carbocycles. The van der Waals surface area contributed by atoms with Crippen molar-refractivity contribution in [2.45, 2.75) is 109 Å². The Bertz CT molecular complexity index is 1600. The van der Waals surface area contributed by atoms with Crippen LogP contribution in [-0.4, -0.2) is 83.4 Å². The summed E-state index contributed by atoms with van der Waals surface area (Å²) in [6.45, 7) is 9.12. The maximum Gasteiger partial charge on any atom is 0.305 e. The standard InChI is InChI=1S/C38H53N5O6/c1-6-47-33(44)13-10-25-16-28(17-25)42(21-24-8-7-9-24)22-27-18-31(35-34(27)48-38(2,3)49-35)43-15-14-30-36(40-23-41-37(30)43)39-20-26-11-12-29(45-4)19-32(26)46-5/h11-12,14-15,19,23-25,27-28,31,34-35H,6-10,13,16-18,20-22H2,1-5H3,(H,39,40,41)/t25?,27-,28?,31-,34-,35+/m1/s1. The first-order chi connectivity index (χ1) is 23.7. The molecule has 0 unspecified atom stereocenters. The number of nitrogens with one attached hydrogen (secondary N) is 1. The summed E-state index contributed by atoms with van der Waals surface area (Å²) in [6.07, 6.45) is 12.5. The largest absolute Gasteiger partial charge is 0.497 e. The molecule has 0 bridgehead atoms. The lowest BCUT2D eigenvalue weighted by Gasteiger charge is -2.46. The Hall–Kier alpha value is -3.41. The second-order valence-corrected chi connectivity index (χ2v) is 14.9. The molecule has 11 heteroatoms. The van der Waals surface area contributed by atoms with Gasteiger partial charge in [0, 0.05) is 55.8 Å². The molecular weight excluding hydrogens is 622 g/mol. The van der Waals surface area contributed by atoms with E-state index >= 15 is 0 Å². The number of aromatic nitrogens is 3. The van der Waals surface area contributed by atoms with Crippen molar-refractivity contribution in [2.75, 3.05) is 39.2 Å². The maximum absolute atomic E-state index is 12.0. The number of anilines is 1. The fourth-order valence-corrected chi connectivity index (χ4v) is 8.53. The van der Waals surface area contributed by atoms with Crippen LogP contribution in [0.4, 0.5) is 5.82 Å². The molecule has 0 radical (unpaired) electrons. The van der Waals surface area contributed by atoms with Crippen LogP contribution in [0.5, 0.6) is 11.5 Å². The summed E-state index contributed by atoms with van der Waals surface area (Å²) < 4.78 is 31.8. The summed E-state index contributed by atoms with van der Waals surface area (Å²) in [6, 6.07) is 8.62. The van der Waals surface area contributed by atoms with Crippen LogP contribution >= 0.6 is 0 Å². The van der Waals surface area contributed by atoms with E-state index in [1.807, 2.05) is 39.0 Å². The summed E-state index contributed by atoms with van der Waals surface area (Å²) in [7, 11) is 3.32. The molecule has 1 aliphatic heterocycles. The van der Waals surface area contributed by atoms with Crippen LogP contribution in [0.2, 0.25) is 0 Å². The highest BCUT2D eigenvalue weighted by Gasteiger charge is 2.55. The first-order valence-corrected chi connectivity index (χ1v) is 18.3. The first kappa shape index (κ1) is 34.1. The van der Waals surface area contributed by atoms with Gasteiger partial charge < -0.3 is 33.6 Å². The molecule has 3 aromatic rings. The topological polar surface area (TPSA) is 109 Å². The minimum atomic E-state index is -0.637. The van der Waals surface area contributed by atoms with Gasteiger partial charge in [0.2, 0.25) is 0 Å². The third-order valence-electron chi connectivity index (χ3n) is 11.3. The van der Waals surface area contributed by atoms with Gasteiger partial charge in [0.25, 0.3) is 0 Å². The van der Waals surface area contributed by atoms with Crippen molar-refractivity contribution in [3.8, 4) is 11.5 Å². The molecule has 7 rings (SSSR count). The molecule has 2 aromatic heterocycles. The van der Waals surface area contributed by atoms with E-state index in [4.69, 9.17) is 28.7 Å². The van der Waals surface area contributed by atoms with Crippen molar-refractivity contribution < 1.29 is 28.5 Å². The monoisotopic (exact) mass is 675 g/mol. The Labute approximate surface area is 290 Å². The van der Waals surface area contributed by atoms with E-state index in [1.54, 1.807) is 20.5 Å². The van der Waals surface area contributed by atoms with Crippen molar-refractivity contribution >= 4 is 22.8 Å². The zero-order valence-electron chi connectivity index (χ0n) is 29.7. The van der Waals surface area contributed by atoms with Crippen molar-refractivity contribution in [1.82, 2.24) is 19.4 Å². The molecule has 4 fully saturated rings. The SMILES string of the molecule is CCOC(=O)CCC1CC(N(CC2CCC2)C[C@H]2C[C@@H](n3ccc4c(NCc5ccc(OC)cc5OC)ncnc43)[C@@H]3OC(C)(C)O[C@H]23)C1. The number of hydrogen-bond acceptors (Lipinski definition) is 10. The van der Waals surface area contributed by atoms with Crippen LogP contribution in [0, 0.1) is 17.8 Å². The second kappa shape index (κ2) is 14.4. The molecule has 1 saturated heterocycles. The van der Waals surface area contributed by atoms with E-state index in [9.17, 15) is 4.79 Å². The van der Waals surface area contributed by atoms with Gasteiger partial charge in [-0.1, -0.05) is 6.42 Å². The van der Waals surface area contributed by atoms with Crippen LogP contribution in [0.15, 0.2) is 36.8 Å². The fraction of sp³-hybridized carbons (Fsp3) is 0.658. The summed E-state index contributed by atoms with van der Waals surface area (Å²) in [4.78, 5) is 24.1. The Balaban J connectivity index is 1.07. The van der Waals surface area contributed by atoms with E-state index in [0.29, 0.717) is 37.5 Å². The van der Waals surface area contributed by atoms with Gasteiger partial charge in [-0.3, -0.25) is 9.69 Å². The van der Waals surface area contributed by atoms with E-state index in [-0.39, 0.29) is 24.2 Å². The number of benzene rings is 1. The van der Waals surface area contributed by atoms with Crippen LogP contribution in [-0.2, 0) is 25.5 Å². The predicted molar refractivity (Wildman–Crippen MR) is 187 cm³/mol. The molecule has 4 aliphatic rings. The molecule has 0 amide bonds. The number of esters is 1. The number of fused-ring (bicyclic) bond motifs is 2. The summed E-state index contributed by atoms with van der Waals surface area (Å²) in [5.41, 5.74) is 1.91. The molecule has 49 heavy (non-hydrogen) atoms. The smallest absolute Gasteiger partial charge is 0.305 e. The number of nitrogens with zero attached hydrogens (tertiary/aromatic N) is 4. The van der Waals surface area contributed by atoms with E-state index < -0.39 is 5.79 Å². The van der Waals surface area contributed by atoms with Gasteiger partial charge in [-0.25, -0.2) is 9.97 Å². The zero-order chi connectivity index (χ0) is 34.1.